The molecule has 0 atom stereocenters. The Morgan fingerprint density at radius 2 is 1.93 bits per heavy atom. The van der Waals surface area contributed by atoms with Crippen molar-refractivity contribution in [2.45, 2.75) is 64.2 Å². The summed E-state index contributed by atoms with van der Waals surface area (Å²) < 4.78 is 2.15. The molecule has 6 nitrogen and oxygen atoms in total. The highest BCUT2D eigenvalue weighted by molar-refractivity contribution is 5.81. The van der Waals surface area contributed by atoms with E-state index in [1.807, 2.05) is 42.3 Å². The van der Waals surface area contributed by atoms with Crippen molar-refractivity contribution in [3.8, 4) is 0 Å². The number of anilines is 1. The molecular weight excluding hydrogens is 362 g/mol. The highest BCUT2D eigenvalue weighted by Gasteiger charge is 2.24. The third-order valence-corrected chi connectivity index (χ3v) is 6.23. The van der Waals surface area contributed by atoms with Crippen LogP contribution in [0.5, 0.6) is 0 Å². The number of hydrogen-bond acceptors (Lipinski definition) is 4. The zero-order valence-electron chi connectivity index (χ0n) is 17.5. The fourth-order valence-electron chi connectivity index (χ4n) is 4.63. The predicted molar refractivity (Wildman–Crippen MR) is 116 cm³/mol. The summed E-state index contributed by atoms with van der Waals surface area (Å²) in [5.74, 6) is 0.0170. The van der Waals surface area contributed by atoms with Gasteiger partial charge in [0.1, 0.15) is 0 Å². The molecule has 2 aliphatic rings. The second kappa shape index (κ2) is 9.44. The topological polar surface area (TPSA) is 53.4 Å². The van der Waals surface area contributed by atoms with Crippen molar-refractivity contribution < 1.29 is 4.79 Å². The Kier molecular flexibility index (Phi) is 6.49. The SMILES string of the molecule is CN(CC(=O)NCc1cc2n(n1)CCCN(C1CCCCC1)C2)c1ccccc1. The van der Waals surface area contributed by atoms with Crippen molar-refractivity contribution >= 4 is 11.6 Å². The van der Waals surface area contributed by atoms with Crippen LogP contribution in [0.25, 0.3) is 0 Å². The van der Waals surface area contributed by atoms with Gasteiger partial charge in [-0.1, -0.05) is 37.5 Å². The predicted octanol–water partition coefficient (Wildman–Crippen LogP) is 3.17. The first-order valence-corrected chi connectivity index (χ1v) is 11.0. The standard InChI is InChI=1S/C23H33N5O/c1-26(20-9-4-2-5-10-20)18-23(29)24-16-19-15-22-17-27(13-8-14-28(22)25-19)21-11-6-3-7-12-21/h2,4-5,9-10,15,21H,3,6-8,11-14,16-18H2,1H3,(H,24,29). The highest BCUT2D eigenvalue weighted by Crippen LogP contribution is 2.26. The van der Waals surface area contributed by atoms with E-state index in [4.69, 9.17) is 5.10 Å². The lowest BCUT2D eigenvalue weighted by molar-refractivity contribution is -0.119. The van der Waals surface area contributed by atoms with Crippen LogP contribution in [0, 0.1) is 0 Å². The molecule has 1 aromatic carbocycles. The van der Waals surface area contributed by atoms with E-state index in [-0.39, 0.29) is 5.91 Å². The van der Waals surface area contributed by atoms with Gasteiger partial charge >= 0.3 is 0 Å². The lowest BCUT2D eigenvalue weighted by Crippen LogP contribution is -2.36. The van der Waals surface area contributed by atoms with Crippen LogP contribution in [0.3, 0.4) is 0 Å². The van der Waals surface area contributed by atoms with Crippen LogP contribution in [0.2, 0.25) is 0 Å². The van der Waals surface area contributed by atoms with Gasteiger partial charge in [-0.2, -0.15) is 5.10 Å². The molecule has 0 unspecified atom stereocenters. The van der Waals surface area contributed by atoms with Gasteiger partial charge in [-0.3, -0.25) is 14.4 Å². The molecule has 29 heavy (non-hydrogen) atoms. The maximum Gasteiger partial charge on any atom is 0.239 e. The molecule has 4 rings (SSSR count). The van der Waals surface area contributed by atoms with E-state index in [1.54, 1.807) is 0 Å². The number of benzene rings is 1. The fraction of sp³-hybridized carbons (Fsp3) is 0.565. The maximum atomic E-state index is 12.4. The molecule has 1 N–H and O–H groups in total. The number of hydrogen-bond donors (Lipinski definition) is 1. The molecule has 2 heterocycles. The lowest BCUT2D eigenvalue weighted by Gasteiger charge is -2.33. The first-order chi connectivity index (χ1) is 14.2. The molecule has 1 aliphatic carbocycles. The van der Waals surface area contributed by atoms with Crippen LogP contribution in [-0.2, 0) is 24.4 Å². The maximum absolute atomic E-state index is 12.4. The number of carbonyl (C=O) groups is 1. The average molecular weight is 396 g/mol. The number of aromatic nitrogens is 2. The Labute approximate surface area is 173 Å². The van der Waals surface area contributed by atoms with Gasteiger partial charge in [-0.25, -0.2) is 0 Å². The van der Waals surface area contributed by atoms with Gasteiger partial charge in [0.15, 0.2) is 0 Å². The van der Waals surface area contributed by atoms with Gasteiger partial charge < -0.3 is 10.2 Å². The molecule has 0 saturated heterocycles. The van der Waals surface area contributed by atoms with Crippen molar-refractivity contribution in [3.05, 3.63) is 47.8 Å². The molecule has 1 aliphatic heterocycles. The Balaban J connectivity index is 1.31. The summed E-state index contributed by atoms with van der Waals surface area (Å²) in [6.07, 6.45) is 7.96. The summed E-state index contributed by atoms with van der Waals surface area (Å²) in [6, 6.07) is 12.9. The second-order valence-electron chi connectivity index (χ2n) is 8.43. The first-order valence-electron chi connectivity index (χ1n) is 11.0. The van der Waals surface area contributed by atoms with Crippen molar-refractivity contribution in [1.29, 1.82) is 0 Å². The number of nitrogens with zero attached hydrogens (tertiary/aromatic N) is 4. The third-order valence-electron chi connectivity index (χ3n) is 6.23. The number of nitrogens with one attached hydrogen (secondary N) is 1. The van der Waals surface area contributed by atoms with E-state index in [1.165, 1.54) is 44.3 Å². The second-order valence-corrected chi connectivity index (χ2v) is 8.43. The molecule has 0 bridgehead atoms. The minimum Gasteiger partial charge on any atom is -0.365 e. The molecule has 156 valence electrons. The normalized spacial score (nSPS) is 18.1. The monoisotopic (exact) mass is 395 g/mol. The Morgan fingerprint density at radius 3 is 2.72 bits per heavy atom. The van der Waals surface area contributed by atoms with Gasteiger partial charge in [-0.05, 0) is 37.5 Å². The van der Waals surface area contributed by atoms with Crippen LogP contribution < -0.4 is 10.2 Å². The number of amides is 1. The fourth-order valence-corrected chi connectivity index (χ4v) is 4.63. The van der Waals surface area contributed by atoms with E-state index in [0.29, 0.717) is 13.1 Å². The molecule has 0 spiro atoms. The third kappa shape index (κ3) is 5.18. The van der Waals surface area contributed by atoms with E-state index in [0.717, 1.165) is 36.9 Å². The summed E-state index contributed by atoms with van der Waals surface area (Å²) in [6.45, 7) is 3.97. The Morgan fingerprint density at radius 1 is 1.14 bits per heavy atom. The number of rotatable bonds is 6. The van der Waals surface area contributed by atoms with Gasteiger partial charge in [-0.15, -0.1) is 0 Å². The molecule has 0 radical (unpaired) electrons. The van der Waals surface area contributed by atoms with Crippen molar-refractivity contribution in [2.75, 3.05) is 25.0 Å². The minimum atomic E-state index is 0.0170. The molecule has 1 aromatic heterocycles. The van der Waals surface area contributed by atoms with Crippen LogP contribution in [-0.4, -0.2) is 46.8 Å². The lowest BCUT2D eigenvalue weighted by atomic mass is 9.94. The van der Waals surface area contributed by atoms with E-state index < -0.39 is 0 Å². The molecule has 1 fully saturated rings. The zero-order valence-corrected chi connectivity index (χ0v) is 17.5. The van der Waals surface area contributed by atoms with Crippen molar-refractivity contribution in [3.63, 3.8) is 0 Å². The largest absolute Gasteiger partial charge is 0.365 e. The molecule has 6 heteroatoms. The molecule has 1 saturated carbocycles. The quantitative estimate of drug-likeness (QED) is 0.816. The van der Waals surface area contributed by atoms with Crippen LogP contribution in [0.1, 0.15) is 49.9 Å². The summed E-state index contributed by atoms with van der Waals surface area (Å²) in [5, 5.41) is 7.79. The summed E-state index contributed by atoms with van der Waals surface area (Å²) in [5.41, 5.74) is 3.29. The van der Waals surface area contributed by atoms with Crippen LogP contribution in [0.15, 0.2) is 36.4 Å². The summed E-state index contributed by atoms with van der Waals surface area (Å²) in [7, 11) is 1.94. The summed E-state index contributed by atoms with van der Waals surface area (Å²) >= 11 is 0. The molecular formula is C23H33N5O. The van der Waals surface area contributed by atoms with E-state index in [9.17, 15) is 4.79 Å². The van der Waals surface area contributed by atoms with E-state index in [2.05, 4.69) is 21.0 Å². The number of fused-ring (bicyclic) bond motifs is 1. The number of carbonyl (C=O) groups excluding carboxylic acids is 1. The Bertz CT molecular complexity index is 797. The molecule has 1 amide bonds. The smallest absolute Gasteiger partial charge is 0.239 e. The zero-order chi connectivity index (χ0) is 20.1. The van der Waals surface area contributed by atoms with Crippen molar-refractivity contribution in [2.24, 2.45) is 0 Å². The average Bonchev–Trinajstić information content (AvgIpc) is 3.03. The molecule has 2 aromatic rings. The van der Waals surface area contributed by atoms with Crippen LogP contribution >= 0.6 is 0 Å². The number of aryl methyl sites for hydroxylation is 1. The number of para-hydroxylation sites is 1. The van der Waals surface area contributed by atoms with E-state index >= 15 is 0 Å². The van der Waals surface area contributed by atoms with Crippen molar-refractivity contribution in [1.82, 2.24) is 20.0 Å². The minimum absolute atomic E-state index is 0.0170. The van der Waals surface area contributed by atoms with Gasteiger partial charge in [0, 0.05) is 38.4 Å². The van der Waals surface area contributed by atoms with Gasteiger partial charge in [0.2, 0.25) is 5.91 Å². The highest BCUT2D eigenvalue weighted by atomic mass is 16.2. The Hall–Kier alpha value is -2.34. The first kappa shape index (κ1) is 20.0. The number of likely N-dealkylation sites (N-methyl/N-ethyl adjacent to an activating group) is 1. The van der Waals surface area contributed by atoms with Crippen LogP contribution in [0.4, 0.5) is 5.69 Å². The van der Waals surface area contributed by atoms with Gasteiger partial charge in [0.25, 0.3) is 0 Å². The summed E-state index contributed by atoms with van der Waals surface area (Å²) in [4.78, 5) is 17.0. The van der Waals surface area contributed by atoms with Gasteiger partial charge in [0.05, 0.1) is 24.5 Å².